The van der Waals surface area contributed by atoms with E-state index in [0.717, 1.165) is 29.9 Å². The summed E-state index contributed by atoms with van der Waals surface area (Å²) in [6.45, 7) is 3.01. The average Bonchev–Trinajstić information content (AvgIpc) is 3.59. The van der Waals surface area contributed by atoms with Crippen LogP contribution in [0.15, 0.2) is 59.8 Å². The summed E-state index contributed by atoms with van der Waals surface area (Å²) in [6, 6.07) is 17.5. The Labute approximate surface area is 203 Å². The molecule has 0 saturated heterocycles. The zero-order valence-electron chi connectivity index (χ0n) is 19.4. The molecule has 2 amide bonds. The van der Waals surface area contributed by atoms with Gasteiger partial charge in [0.2, 0.25) is 11.8 Å². The van der Waals surface area contributed by atoms with E-state index in [9.17, 15) is 9.59 Å². The van der Waals surface area contributed by atoms with Gasteiger partial charge in [0.05, 0.1) is 18.0 Å². The summed E-state index contributed by atoms with van der Waals surface area (Å²) in [5.74, 6) is 1.40. The highest BCUT2D eigenvalue weighted by molar-refractivity contribution is 7.99. The zero-order chi connectivity index (χ0) is 23.9. The van der Waals surface area contributed by atoms with E-state index in [0.29, 0.717) is 36.5 Å². The number of aromatic nitrogens is 3. The Morgan fingerprint density at radius 1 is 1.15 bits per heavy atom. The molecule has 1 heterocycles. The number of hydrogen-bond acceptors (Lipinski definition) is 6. The second-order valence-electron chi connectivity index (χ2n) is 8.26. The van der Waals surface area contributed by atoms with Crippen molar-refractivity contribution < 1.29 is 14.3 Å². The van der Waals surface area contributed by atoms with Crippen molar-refractivity contribution in [3.63, 3.8) is 0 Å². The molecule has 0 atom stereocenters. The van der Waals surface area contributed by atoms with E-state index in [-0.39, 0.29) is 17.6 Å². The zero-order valence-corrected chi connectivity index (χ0v) is 20.3. The summed E-state index contributed by atoms with van der Waals surface area (Å²) in [4.78, 5) is 26.5. The first kappa shape index (κ1) is 24.0. The van der Waals surface area contributed by atoms with Gasteiger partial charge in [-0.15, -0.1) is 10.2 Å². The lowest BCUT2D eigenvalue weighted by molar-refractivity contribution is -0.129. The largest absolute Gasteiger partial charge is 0.383 e. The van der Waals surface area contributed by atoms with Crippen LogP contribution in [-0.4, -0.2) is 57.5 Å². The highest BCUT2D eigenvalue weighted by Crippen LogP contribution is 2.41. The lowest BCUT2D eigenvalue weighted by Crippen LogP contribution is -2.34. The summed E-state index contributed by atoms with van der Waals surface area (Å²) in [5, 5.41) is 12.4. The fourth-order valence-electron chi connectivity index (χ4n) is 3.66. The lowest BCUT2D eigenvalue weighted by atomic mass is 10.2. The highest BCUT2D eigenvalue weighted by Gasteiger charge is 2.31. The minimum Gasteiger partial charge on any atom is -0.383 e. The first-order valence-corrected chi connectivity index (χ1v) is 12.3. The number of rotatable bonds is 11. The fraction of sp³-hybridized carbons (Fsp3) is 0.360. The molecule has 1 N–H and O–H groups in total. The van der Waals surface area contributed by atoms with Crippen molar-refractivity contribution in [1.29, 1.82) is 0 Å². The molecular formula is C25H29N5O3S. The predicted molar refractivity (Wildman–Crippen MR) is 132 cm³/mol. The molecule has 34 heavy (non-hydrogen) atoms. The first-order chi connectivity index (χ1) is 16.5. The normalized spacial score (nSPS) is 13.0. The number of anilines is 1. The van der Waals surface area contributed by atoms with Gasteiger partial charge in [-0.1, -0.05) is 48.2 Å². The molecule has 4 rings (SSSR count). The Hall–Kier alpha value is -3.17. The molecule has 1 aliphatic rings. The third-order valence-electron chi connectivity index (χ3n) is 5.48. The fourth-order valence-corrected chi connectivity index (χ4v) is 4.53. The number of methoxy groups -OCH3 is 1. The van der Waals surface area contributed by atoms with Crippen molar-refractivity contribution in [2.24, 2.45) is 0 Å². The number of thioether (sulfide) groups is 1. The maximum Gasteiger partial charge on any atom is 0.233 e. The molecule has 0 unspecified atom stereocenters. The average molecular weight is 480 g/mol. The second kappa shape index (κ2) is 11.3. The van der Waals surface area contributed by atoms with Gasteiger partial charge in [0.25, 0.3) is 0 Å². The van der Waals surface area contributed by atoms with E-state index in [4.69, 9.17) is 4.74 Å². The molecule has 1 aliphatic carbocycles. The molecule has 1 aromatic heterocycles. The van der Waals surface area contributed by atoms with Gasteiger partial charge in [-0.05, 0) is 36.6 Å². The van der Waals surface area contributed by atoms with E-state index in [1.807, 2.05) is 64.1 Å². The monoisotopic (exact) mass is 479 g/mol. The summed E-state index contributed by atoms with van der Waals surface area (Å²) < 4.78 is 7.23. The first-order valence-electron chi connectivity index (χ1n) is 11.3. The number of benzene rings is 2. The molecule has 2 aromatic carbocycles. The highest BCUT2D eigenvalue weighted by atomic mass is 32.2. The van der Waals surface area contributed by atoms with Crippen LogP contribution in [0.4, 0.5) is 5.69 Å². The van der Waals surface area contributed by atoms with Crippen molar-refractivity contribution in [3.05, 3.63) is 66.0 Å². The van der Waals surface area contributed by atoms with E-state index in [2.05, 4.69) is 15.5 Å². The molecule has 3 aromatic rings. The van der Waals surface area contributed by atoms with Crippen molar-refractivity contribution >= 4 is 29.3 Å². The van der Waals surface area contributed by atoms with Crippen LogP contribution in [0, 0.1) is 0 Å². The summed E-state index contributed by atoms with van der Waals surface area (Å²) in [5.41, 5.74) is 2.65. The Kier molecular flexibility index (Phi) is 7.97. The van der Waals surface area contributed by atoms with E-state index < -0.39 is 0 Å². The lowest BCUT2D eigenvalue weighted by Gasteiger charge is -2.22. The van der Waals surface area contributed by atoms with Crippen LogP contribution < -0.4 is 5.32 Å². The van der Waals surface area contributed by atoms with Crippen molar-refractivity contribution in [2.75, 3.05) is 31.3 Å². The van der Waals surface area contributed by atoms with Gasteiger partial charge in [0, 0.05) is 38.7 Å². The summed E-state index contributed by atoms with van der Waals surface area (Å²) >= 11 is 1.38. The number of nitrogens with zero attached hydrogens (tertiary/aromatic N) is 4. The third-order valence-corrected chi connectivity index (χ3v) is 6.40. The Bertz CT molecular complexity index is 1130. The molecular weight excluding hydrogens is 450 g/mol. The topological polar surface area (TPSA) is 89.3 Å². The molecule has 0 bridgehead atoms. The van der Waals surface area contributed by atoms with Crippen molar-refractivity contribution in [3.8, 4) is 5.69 Å². The van der Waals surface area contributed by atoms with Crippen molar-refractivity contribution in [2.45, 2.75) is 37.4 Å². The van der Waals surface area contributed by atoms with Crippen LogP contribution in [0.3, 0.4) is 0 Å². The van der Waals surface area contributed by atoms with Crippen LogP contribution in [0.25, 0.3) is 5.69 Å². The van der Waals surface area contributed by atoms with E-state index in [1.54, 1.807) is 7.11 Å². The summed E-state index contributed by atoms with van der Waals surface area (Å²) in [7, 11) is 1.64. The van der Waals surface area contributed by atoms with Gasteiger partial charge in [-0.3, -0.25) is 14.2 Å². The van der Waals surface area contributed by atoms with Gasteiger partial charge < -0.3 is 15.0 Å². The van der Waals surface area contributed by atoms with Gasteiger partial charge >= 0.3 is 0 Å². The molecule has 178 valence electrons. The Morgan fingerprint density at radius 3 is 2.65 bits per heavy atom. The molecule has 9 heteroatoms. The van der Waals surface area contributed by atoms with Crippen LogP contribution in [-0.2, 0) is 20.9 Å². The summed E-state index contributed by atoms with van der Waals surface area (Å²) in [6.07, 6.45) is 2.16. The Balaban J connectivity index is 1.52. The molecule has 0 radical (unpaired) electrons. The van der Waals surface area contributed by atoms with Crippen molar-refractivity contribution in [1.82, 2.24) is 19.7 Å². The molecule has 8 nitrogen and oxygen atoms in total. The van der Waals surface area contributed by atoms with Gasteiger partial charge in [0.15, 0.2) is 5.16 Å². The SMILES string of the molecule is COCCN(Cc1ccccc1)C(=O)CSc1nnc(C2CC2)n1-c1cccc(NC(C)=O)c1. The molecule has 0 aliphatic heterocycles. The Morgan fingerprint density at radius 2 is 1.94 bits per heavy atom. The number of nitrogens with one attached hydrogen (secondary N) is 1. The second-order valence-corrected chi connectivity index (χ2v) is 9.21. The van der Waals surface area contributed by atoms with Crippen LogP contribution in [0.5, 0.6) is 0 Å². The molecule has 0 spiro atoms. The maximum absolute atomic E-state index is 13.1. The smallest absolute Gasteiger partial charge is 0.233 e. The van der Waals surface area contributed by atoms with Gasteiger partial charge in [-0.2, -0.15) is 0 Å². The predicted octanol–water partition coefficient (Wildman–Crippen LogP) is 3.87. The minimum absolute atomic E-state index is 0.0143. The van der Waals surface area contributed by atoms with Crippen LogP contribution in [0.2, 0.25) is 0 Å². The molecule has 1 saturated carbocycles. The molecule has 1 fully saturated rings. The van der Waals surface area contributed by atoms with Gasteiger partial charge in [0.1, 0.15) is 5.82 Å². The van der Waals surface area contributed by atoms with Crippen LogP contribution >= 0.6 is 11.8 Å². The third kappa shape index (κ3) is 6.24. The number of amides is 2. The van der Waals surface area contributed by atoms with E-state index in [1.165, 1.54) is 18.7 Å². The maximum atomic E-state index is 13.1. The van der Waals surface area contributed by atoms with Gasteiger partial charge in [-0.25, -0.2) is 0 Å². The number of hydrogen-bond donors (Lipinski definition) is 1. The minimum atomic E-state index is -0.127. The standard InChI is InChI=1S/C25H29N5O3S/c1-18(31)26-21-9-6-10-22(15-21)30-24(20-11-12-20)27-28-25(30)34-17-23(32)29(13-14-33-2)16-19-7-4-3-5-8-19/h3-10,15,20H,11-14,16-17H2,1-2H3,(H,26,31). The quantitative estimate of drug-likeness (QED) is 0.420. The number of carbonyl (C=O) groups is 2. The van der Waals surface area contributed by atoms with Crippen LogP contribution in [0.1, 0.15) is 37.1 Å². The van der Waals surface area contributed by atoms with E-state index >= 15 is 0 Å². The number of ether oxygens (including phenoxy) is 1. The number of carbonyl (C=O) groups excluding carboxylic acids is 2.